The van der Waals surface area contributed by atoms with Gasteiger partial charge < -0.3 is 10.0 Å². The van der Waals surface area contributed by atoms with Gasteiger partial charge in [-0.25, -0.2) is 4.39 Å². The van der Waals surface area contributed by atoms with Gasteiger partial charge in [-0.2, -0.15) is 0 Å². The van der Waals surface area contributed by atoms with Crippen LogP contribution in [0.1, 0.15) is 36.0 Å². The maximum absolute atomic E-state index is 13.5. The summed E-state index contributed by atoms with van der Waals surface area (Å²) < 4.78 is 13.5. The summed E-state index contributed by atoms with van der Waals surface area (Å²) in [5.41, 5.74) is 3.65. The van der Waals surface area contributed by atoms with Crippen LogP contribution in [0.3, 0.4) is 0 Å². The van der Waals surface area contributed by atoms with E-state index < -0.39 is 5.82 Å². The molecule has 0 saturated carbocycles. The fourth-order valence-electron chi connectivity index (χ4n) is 3.00. The minimum Gasteiger partial charge on any atom is -0.505 e. The lowest BCUT2D eigenvalue weighted by atomic mass is 10.1. The molecule has 1 saturated heterocycles. The fraction of sp³-hybridized carbons (Fsp3) is 0.300. The van der Waals surface area contributed by atoms with Gasteiger partial charge in [-0.1, -0.05) is 24.3 Å². The van der Waals surface area contributed by atoms with Gasteiger partial charge in [0.2, 0.25) is 0 Å². The third-order valence-electron chi connectivity index (χ3n) is 4.36. The SMILES string of the molecule is Cc1cc(/C=C/c2ccc(N3CCCCC3)cc2)cc(F)c1O. The second-order valence-electron chi connectivity index (χ2n) is 6.14. The number of benzene rings is 2. The lowest BCUT2D eigenvalue weighted by Gasteiger charge is -2.28. The molecule has 0 amide bonds. The van der Waals surface area contributed by atoms with E-state index in [1.165, 1.54) is 31.0 Å². The molecule has 3 heteroatoms. The zero-order chi connectivity index (χ0) is 16.2. The highest BCUT2D eigenvalue weighted by Gasteiger charge is 2.10. The summed E-state index contributed by atoms with van der Waals surface area (Å²) in [6, 6.07) is 11.6. The first-order valence-electron chi connectivity index (χ1n) is 8.16. The number of rotatable bonds is 3. The van der Waals surface area contributed by atoms with Crippen LogP contribution in [0.25, 0.3) is 12.2 Å². The maximum Gasteiger partial charge on any atom is 0.165 e. The van der Waals surface area contributed by atoms with Crippen molar-refractivity contribution < 1.29 is 9.50 Å². The van der Waals surface area contributed by atoms with Crippen molar-refractivity contribution in [3.05, 3.63) is 58.9 Å². The van der Waals surface area contributed by atoms with E-state index in [1.54, 1.807) is 13.0 Å². The predicted octanol–water partition coefficient (Wildman–Crippen LogP) is 5.00. The Kier molecular flexibility index (Phi) is 4.65. The number of aryl methyl sites for hydroxylation is 1. The molecule has 2 nitrogen and oxygen atoms in total. The number of aromatic hydroxyl groups is 1. The Morgan fingerprint density at radius 3 is 2.26 bits per heavy atom. The van der Waals surface area contributed by atoms with Gasteiger partial charge in [0.15, 0.2) is 11.6 Å². The highest BCUT2D eigenvalue weighted by atomic mass is 19.1. The Labute approximate surface area is 136 Å². The number of hydrogen-bond donors (Lipinski definition) is 1. The molecular formula is C20H22FNO. The molecule has 0 aromatic heterocycles. The van der Waals surface area contributed by atoms with E-state index in [9.17, 15) is 9.50 Å². The van der Waals surface area contributed by atoms with Crippen molar-refractivity contribution in [2.75, 3.05) is 18.0 Å². The second-order valence-corrected chi connectivity index (χ2v) is 6.14. The highest BCUT2D eigenvalue weighted by Crippen LogP contribution is 2.24. The Morgan fingerprint density at radius 1 is 0.957 bits per heavy atom. The van der Waals surface area contributed by atoms with Gasteiger partial charge in [0.1, 0.15) is 0 Å². The number of phenols is 1. The van der Waals surface area contributed by atoms with Crippen molar-refractivity contribution in [3.8, 4) is 5.75 Å². The standard InChI is InChI=1S/C20H22FNO/c1-15-13-17(14-19(21)20(15)23)6-5-16-7-9-18(10-8-16)22-11-3-2-4-12-22/h5-10,13-14,23H,2-4,11-12H2,1H3/b6-5+. The number of nitrogens with zero attached hydrogens (tertiary/aromatic N) is 1. The summed E-state index contributed by atoms with van der Waals surface area (Å²) in [7, 11) is 0. The summed E-state index contributed by atoms with van der Waals surface area (Å²) in [5.74, 6) is -0.849. The molecule has 1 aliphatic heterocycles. The normalized spacial score (nSPS) is 15.3. The van der Waals surface area contributed by atoms with Gasteiger partial charge >= 0.3 is 0 Å². The summed E-state index contributed by atoms with van der Waals surface area (Å²) in [5, 5.41) is 9.47. The molecule has 1 fully saturated rings. The number of phenolic OH excluding ortho intramolecular Hbond substituents is 1. The quantitative estimate of drug-likeness (QED) is 0.806. The molecule has 1 aliphatic rings. The van der Waals surface area contributed by atoms with Crippen molar-refractivity contribution >= 4 is 17.8 Å². The molecule has 1 N–H and O–H groups in total. The first kappa shape index (κ1) is 15.6. The maximum atomic E-state index is 13.5. The summed E-state index contributed by atoms with van der Waals surface area (Å²) >= 11 is 0. The van der Waals surface area contributed by atoms with Gasteiger partial charge in [0.25, 0.3) is 0 Å². The molecular weight excluding hydrogens is 289 g/mol. The largest absolute Gasteiger partial charge is 0.505 e. The number of anilines is 1. The van der Waals surface area contributed by atoms with Crippen LogP contribution in [0.2, 0.25) is 0 Å². The van der Waals surface area contributed by atoms with Crippen molar-refractivity contribution in [2.24, 2.45) is 0 Å². The molecule has 3 rings (SSSR count). The smallest absolute Gasteiger partial charge is 0.165 e. The molecule has 0 unspecified atom stereocenters. The first-order chi connectivity index (χ1) is 11.1. The van der Waals surface area contributed by atoms with Crippen LogP contribution in [0.15, 0.2) is 36.4 Å². The lowest BCUT2D eigenvalue weighted by molar-refractivity contribution is 0.428. The van der Waals surface area contributed by atoms with E-state index in [0.29, 0.717) is 5.56 Å². The highest BCUT2D eigenvalue weighted by molar-refractivity contribution is 5.71. The van der Waals surface area contributed by atoms with E-state index in [1.807, 2.05) is 12.2 Å². The average Bonchev–Trinajstić information content (AvgIpc) is 2.59. The van der Waals surface area contributed by atoms with E-state index in [4.69, 9.17) is 0 Å². The Hall–Kier alpha value is -2.29. The molecule has 0 aliphatic carbocycles. The van der Waals surface area contributed by atoms with E-state index in [2.05, 4.69) is 29.2 Å². The second kappa shape index (κ2) is 6.86. The van der Waals surface area contributed by atoms with Crippen LogP contribution < -0.4 is 4.90 Å². The number of hydrogen-bond acceptors (Lipinski definition) is 2. The van der Waals surface area contributed by atoms with Crippen LogP contribution in [-0.2, 0) is 0 Å². The molecule has 120 valence electrons. The van der Waals surface area contributed by atoms with Crippen LogP contribution in [-0.4, -0.2) is 18.2 Å². The topological polar surface area (TPSA) is 23.5 Å². The van der Waals surface area contributed by atoms with Gasteiger partial charge in [-0.15, -0.1) is 0 Å². The van der Waals surface area contributed by atoms with Gasteiger partial charge in [-0.05, 0) is 67.1 Å². The Balaban J connectivity index is 1.72. The summed E-state index contributed by atoms with van der Waals surface area (Å²) in [4.78, 5) is 2.43. The number of halogens is 1. The minimum absolute atomic E-state index is 0.270. The predicted molar refractivity (Wildman–Crippen MR) is 94.2 cm³/mol. The molecule has 2 aromatic rings. The Morgan fingerprint density at radius 2 is 1.61 bits per heavy atom. The van der Waals surface area contributed by atoms with E-state index >= 15 is 0 Å². The van der Waals surface area contributed by atoms with Gasteiger partial charge in [0, 0.05) is 18.8 Å². The molecule has 0 spiro atoms. The summed E-state index contributed by atoms with van der Waals surface area (Å²) in [6.07, 6.45) is 7.71. The van der Waals surface area contributed by atoms with Gasteiger partial charge in [-0.3, -0.25) is 0 Å². The van der Waals surface area contributed by atoms with Crippen LogP contribution in [0.4, 0.5) is 10.1 Å². The van der Waals surface area contributed by atoms with Gasteiger partial charge in [0.05, 0.1) is 0 Å². The molecule has 2 aromatic carbocycles. The molecule has 0 radical (unpaired) electrons. The van der Waals surface area contributed by atoms with Crippen LogP contribution in [0, 0.1) is 12.7 Å². The number of piperidine rings is 1. The summed E-state index contributed by atoms with van der Waals surface area (Å²) in [6.45, 7) is 3.98. The van der Waals surface area contributed by atoms with E-state index in [-0.39, 0.29) is 5.75 Å². The average molecular weight is 311 g/mol. The van der Waals surface area contributed by atoms with Crippen LogP contribution in [0.5, 0.6) is 5.75 Å². The lowest BCUT2D eigenvalue weighted by Crippen LogP contribution is -2.29. The van der Waals surface area contributed by atoms with Crippen molar-refractivity contribution in [1.29, 1.82) is 0 Å². The fourth-order valence-corrected chi connectivity index (χ4v) is 3.00. The van der Waals surface area contributed by atoms with Crippen molar-refractivity contribution in [1.82, 2.24) is 0 Å². The zero-order valence-corrected chi connectivity index (χ0v) is 13.4. The first-order valence-corrected chi connectivity index (χ1v) is 8.16. The Bertz CT molecular complexity index is 677. The molecule has 1 heterocycles. The van der Waals surface area contributed by atoms with E-state index in [0.717, 1.165) is 24.2 Å². The zero-order valence-electron chi connectivity index (χ0n) is 13.4. The third-order valence-corrected chi connectivity index (χ3v) is 4.36. The monoisotopic (exact) mass is 311 g/mol. The molecule has 0 atom stereocenters. The molecule has 0 bridgehead atoms. The molecule has 23 heavy (non-hydrogen) atoms. The van der Waals surface area contributed by atoms with Crippen molar-refractivity contribution in [3.63, 3.8) is 0 Å². The third kappa shape index (κ3) is 3.73. The minimum atomic E-state index is -0.579. The van der Waals surface area contributed by atoms with Crippen molar-refractivity contribution in [2.45, 2.75) is 26.2 Å². The van der Waals surface area contributed by atoms with Crippen LogP contribution >= 0.6 is 0 Å².